The van der Waals surface area contributed by atoms with Crippen LogP contribution >= 0.6 is 0 Å². The van der Waals surface area contributed by atoms with Gasteiger partial charge in [0.2, 0.25) is 0 Å². The second kappa shape index (κ2) is 13.2. The number of nitrogens with zero attached hydrogens (tertiary/aromatic N) is 4. The molecule has 0 unspecified atom stereocenters. The first-order valence-corrected chi connectivity index (χ1v) is 13.9. The molecule has 1 aromatic carbocycles. The molecule has 3 aromatic rings. The number of aliphatic hydroxyl groups is 1. The number of ether oxygens (including phenoxy) is 2. The van der Waals surface area contributed by atoms with Crippen LogP contribution in [0.1, 0.15) is 58.6 Å². The van der Waals surface area contributed by atoms with Crippen LogP contribution in [0.15, 0.2) is 41.5 Å². The van der Waals surface area contributed by atoms with E-state index in [1.54, 1.807) is 19.4 Å². The fraction of sp³-hybridized carbons (Fsp3) is 0.517. The van der Waals surface area contributed by atoms with Gasteiger partial charge in [0.05, 0.1) is 18.4 Å². The number of anilines is 1. The van der Waals surface area contributed by atoms with Crippen molar-refractivity contribution in [2.75, 3.05) is 32.1 Å². The molecule has 2 aromatic heterocycles. The fourth-order valence-electron chi connectivity index (χ4n) is 5.53. The third kappa shape index (κ3) is 7.15. The lowest BCUT2D eigenvalue weighted by atomic mass is 9.93. The summed E-state index contributed by atoms with van der Waals surface area (Å²) < 4.78 is 16.6. The Hall–Kier alpha value is -3.54. The van der Waals surface area contributed by atoms with Gasteiger partial charge < -0.3 is 29.6 Å². The summed E-state index contributed by atoms with van der Waals surface area (Å²) in [5, 5.41) is 16.9. The lowest BCUT2D eigenvalue weighted by Crippen LogP contribution is -2.42. The van der Waals surface area contributed by atoms with Crippen molar-refractivity contribution in [2.24, 2.45) is 0 Å². The third-order valence-electron chi connectivity index (χ3n) is 7.80. The Balaban J connectivity index is 1.08. The molecule has 1 atom stereocenters. The van der Waals surface area contributed by atoms with Crippen LogP contribution in [-0.2, 0) is 24.3 Å². The van der Waals surface area contributed by atoms with Gasteiger partial charge in [0, 0.05) is 45.4 Å². The summed E-state index contributed by atoms with van der Waals surface area (Å²) in [6.45, 7) is 4.57. The minimum absolute atomic E-state index is 0.142. The van der Waals surface area contributed by atoms with Crippen molar-refractivity contribution in [1.82, 2.24) is 25.2 Å². The highest BCUT2D eigenvalue weighted by Gasteiger charge is 2.23. The zero-order chi connectivity index (χ0) is 27.9. The molecule has 1 amide bonds. The first kappa shape index (κ1) is 28.0. The molecular weight excluding hydrogens is 512 g/mol. The van der Waals surface area contributed by atoms with E-state index in [2.05, 4.69) is 43.5 Å². The summed E-state index contributed by atoms with van der Waals surface area (Å²) in [5.41, 5.74) is 3.92. The predicted molar refractivity (Wildman–Crippen MR) is 148 cm³/mol. The van der Waals surface area contributed by atoms with Gasteiger partial charge in [-0.2, -0.15) is 0 Å². The van der Waals surface area contributed by atoms with Gasteiger partial charge in [0.25, 0.3) is 5.91 Å². The van der Waals surface area contributed by atoms with Crippen LogP contribution in [0.2, 0.25) is 0 Å². The second-order valence-corrected chi connectivity index (χ2v) is 10.6. The standard InChI is InChI=1S/C29H38N6O5/c1-19-25-9-10-35(14-20(25)3-8-27(19)39-16-24-13-30-18-40-24)15-22(36)12-31-29(37)26-11-28(33-17-32-26)34-21-4-6-23(38-2)7-5-21/h3,8,11,13,17-18,21-23,36H,4-7,9-10,12,14-16H2,1-2H3,(H,31,37)(H,32,33,34)/t21-,22-,23-/m0/s1. The number of carbonyl (C=O) groups excluding carboxylic acids is 1. The summed E-state index contributed by atoms with van der Waals surface area (Å²) in [6.07, 6.45) is 8.93. The lowest BCUT2D eigenvalue weighted by Gasteiger charge is -2.31. The number of β-amino-alcohol motifs (C(OH)–C–C–N with tert-alkyl or cyclic N) is 1. The van der Waals surface area contributed by atoms with Crippen molar-refractivity contribution >= 4 is 11.7 Å². The number of fused-ring (bicyclic) bond motifs is 1. The van der Waals surface area contributed by atoms with E-state index >= 15 is 0 Å². The lowest BCUT2D eigenvalue weighted by molar-refractivity contribution is 0.0681. The summed E-state index contributed by atoms with van der Waals surface area (Å²) in [7, 11) is 1.76. The van der Waals surface area contributed by atoms with Crippen molar-refractivity contribution in [2.45, 2.75) is 70.4 Å². The second-order valence-electron chi connectivity index (χ2n) is 10.6. The van der Waals surface area contributed by atoms with E-state index in [9.17, 15) is 9.90 Å². The first-order valence-electron chi connectivity index (χ1n) is 13.9. The van der Waals surface area contributed by atoms with E-state index in [0.29, 0.717) is 36.9 Å². The van der Waals surface area contributed by atoms with Gasteiger partial charge in [-0.25, -0.2) is 15.0 Å². The Kier molecular flexibility index (Phi) is 9.25. The summed E-state index contributed by atoms with van der Waals surface area (Å²) >= 11 is 0. The molecular formula is C29H38N6O5. The topological polar surface area (TPSA) is 135 Å². The quantitative estimate of drug-likeness (QED) is 0.327. The van der Waals surface area contributed by atoms with E-state index in [1.807, 2.05) is 6.07 Å². The highest BCUT2D eigenvalue weighted by molar-refractivity contribution is 5.92. The van der Waals surface area contributed by atoms with Crippen LogP contribution in [0.25, 0.3) is 0 Å². The number of aromatic nitrogens is 3. The number of benzene rings is 1. The predicted octanol–water partition coefficient (Wildman–Crippen LogP) is 2.87. The smallest absolute Gasteiger partial charge is 0.270 e. The molecule has 3 N–H and O–H groups in total. The molecule has 1 aliphatic carbocycles. The van der Waals surface area contributed by atoms with Gasteiger partial charge in [0.1, 0.15) is 30.2 Å². The summed E-state index contributed by atoms with van der Waals surface area (Å²) in [5.74, 6) is 1.83. The van der Waals surface area contributed by atoms with Crippen LogP contribution in [0.5, 0.6) is 5.75 Å². The molecule has 1 saturated carbocycles. The molecule has 1 fully saturated rings. The van der Waals surface area contributed by atoms with E-state index in [0.717, 1.165) is 56.5 Å². The minimum atomic E-state index is -0.702. The Bertz CT molecular complexity index is 1260. The number of nitrogens with one attached hydrogen (secondary N) is 2. The normalized spacial score (nSPS) is 20.0. The van der Waals surface area contributed by atoms with Crippen molar-refractivity contribution < 1.29 is 23.8 Å². The highest BCUT2D eigenvalue weighted by atomic mass is 16.5. The molecule has 11 nitrogen and oxygen atoms in total. The van der Waals surface area contributed by atoms with Crippen LogP contribution in [0.3, 0.4) is 0 Å². The van der Waals surface area contributed by atoms with Gasteiger partial charge in [-0.1, -0.05) is 6.07 Å². The number of hydrogen-bond donors (Lipinski definition) is 3. The monoisotopic (exact) mass is 550 g/mol. The van der Waals surface area contributed by atoms with Crippen molar-refractivity contribution in [3.8, 4) is 5.75 Å². The van der Waals surface area contributed by atoms with Gasteiger partial charge in [-0.15, -0.1) is 0 Å². The molecule has 214 valence electrons. The first-order chi connectivity index (χ1) is 19.5. The van der Waals surface area contributed by atoms with Crippen LogP contribution < -0.4 is 15.4 Å². The van der Waals surface area contributed by atoms with Crippen molar-refractivity contribution in [3.05, 3.63) is 65.3 Å². The van der Waals surface area contributed by atoms with E-state index in [1.165, 1.54) is 23.8 Å². The van der Waals surface area contributed by atoms with Gasteiger partial charge in [-0.3, -0.25) is 9.69 Å². The Labute approximate surface area is 234 Å². The zero-order valence-corrected chi connectivity index (χ0v) is 23.1. The molecule has 0 spiro atoms. The molecule has 0 radical (unpaired) electrons. The molecule has 3 heterocycles. The number of carbonyl (C=O) groups is 1. The highest BCUT2D eigenvalue weighted by Crippen LogP contribution is 2.30. The number of oxazole rings is 1. The number of amides is 1. The molecule has 2 aliphatic rings. The average molecular weight is 551 g/mol. The number of methoxy groups -OCH3 is 1. The maximum Gasteiger partial charge on any atom is 0.270 e. The number of rotatable bonds is 11. The Morgan fingerprint density at radius 2 is 2.10 bits per heavy atom. The maximum atomic E-state index is 12.7. The van der Waals surface area contributed by atoms with E-state index < -0.39 is 6.10 Å². The molecule has 5 rings (SSSR count). The molecule has 11 heteroatoms. The Morgan fingerprint density at radius 3 is 2.88 bits per heavy atom. The molecule has 1 aliphatic heterocycles. The maximum absolute atomic E-state index is 12.7. The van der Waals surface area contributed by atoms with E-state index in [4.69, 9.17) is 13.9 Å². The minimum Gasteiger partial charge on any atom is -0.485 e. The van der Waals surface area contributed by atoms with Crippen LogP contribution in [-0.4, -0.2) is 75.9 Å². The number of hydrogen-bond acceptors (Lipinski definition) is 10. The SMILES string of the molecule is CO[C@H]1CC[C@H](Nc2cc(C(=O)NC[C@H](O)CN3CCc4c(ccc(OCc5cnco5)c4C)C3)ncn2)CC1. The summed E-state index contributed by atoms with van der Waals surface area (Å²) in [4.78, 5) is 27.3. The molecule has 0 saturated heterocycles. The summed E-state index contributed by atoms with van der Waals surface area (Å²) in [6, 6.07) is 6.04. The molecule has 40 heavy (non-hydrogen) atoms. The van der Waals surface area contributed by atoms with E-state index in [-0.39, 0.29) is 18.1 Å². The fourth-order valence-corrected chi connectivity index (χ4v) is 5.53. The molecule has 0 bridgehead atoms. The van der Waals surface area contributed by atoms with Crippen molar-refractivity contribution in [3.63, 3.8) is 0 Å². The zero-order valence-electron chi connectivity index (χ0n) is 23.1. The Morgan fingerprint density at radius 1 is 1.25 bits per heavy atom. The third-order valence-corrected chi connectivity index (χ3v) is 7.80. The van der Waals surface area contributed by atoms with Gasteiger partial charge >= 0.3 is 0 Å². The van der Waals surface area contributed by atoms with Crippen LogP contribution in [0.4, 0.5) is 5.82 Å². The number of aliphatic hydroxyl groups excluding tert-OH is 1. The average Bonchev–Trinajstić information content (AvgIpc) is 3.50. The largest absolute Gasteiger partial charge is 0.485 e. The van der Waals surface area contributed by atoms with Crippen molar-refractivity contribution in [1.29, 1.82) is 0 Å². The van der Waals surface area contributed by atoms with Gasteiger partial charge in [0.15, 0.2) is 12.2 Å². The van der Waals surface area contributed by atoms with Gasteiger partial charge in [-0.05, 0) is 61.8 Å². The van der Waals surface area contributed by atoms with Crippen LogP contribution in [0, 0.1) is 6.92 Å².